The number of aromatic nitrogens is 1. The lowest BCUT2D eigenvalue weighted by molar-refractivity contribution is -0.0580. The van der Waals surface area contributed by atoms with Crippen molar-refractivity contribution in [1.29, 1.82) is 0 Å². The van der Waals surface area contributed by atoms with Crippen molar-refractivity contribution in [3.05, 3.63) is 53.9 Å². The van der Waals surface area contributed by atoms with Crippen molar-refractivity contribution in [1.82, 2.24) is 20.1 Å². The fourth-order valence-electron chi connectivity index (χ4n) is 4.30. The quantitative estimate of drug-likeness (QED) is 0.468. The van der Waals surface area contributed by atoms with Gasteiger partial charge in [-0.05, 0) is 30.7 Å². The molecule has 1 atom stereocenters. The zero-order valence-corrected chi connectivity index (χ0v) is 19.1. The fraction of sp³-hybridized carbons (Fsp3) is 0.417. The van der Waals surface area contributed by atoms with E-state index >= 15 is 0 Å². The number of amides is 1. The first-order valence-electron chi connectivity index (χ1n) is 11.4. The fourth-order valence-corrected chi connectivity index (χ4v) is 4.30. The Balaban J connectivity index is 1.37. The number of nitrogens with one attached hydrogen (secondary N) is 1. The lowest BCUT2D eigenvalue weighted by atomic mass is 10.1. The number of aliphatic imine (C=N–C) groups is 2. The van der Waals surface area contributed by atoms with E-state index in [9.17, 15) is 4.79 Å². The number of benzene rings is 1. The van der Waals surface area contributed by atoms with Crippen molar-refractivity contribution in [3.8, 4) is 5.75 Å². The number of rotatable bonds is 8. The molecule has 1 unspecified atom stereocenters. The van der Waals surface area contributed by atoms with E-state index in [1.807, 2.05) is 23.1 Å². The van der Waals surface area contributed by atoms with Gasteiger partial charge >= 0.3 is 0 Å². The maximum atomic E-state index is 13.0. The number of methoxy groups -OCH3 is 1. The van der Waals surface area contributed by atoms with Gasteiger partial charge in [0.2, 0.25) is 0 Å². The lowest BCUT2D eigenvalue weighted by Crippen LogP contribution is -2.53. The molecule has 0 radical (unpaired) electrons. The summed E-state index contributed by atoms with van der Waals surface area (Å²) in [4.78, 5) is 30.8. The minimum Gasteiger partial charge on any atom is -0.494 e. The van der Waals surface area contributed by atoms with Crippen LogP contribution in [-0.4, -0.2) is 91.8 Å². The van der Waals surface area contributed by atoms with Crippen molar-refractivity contribution >= 4 is 23.8 Å². The van der Waals surface area contributed by atoms with Gasteiger partial charge in [0.05, 0.1) is 45.4 Å². The number of carbonyl (C=O) groups is 1. The minimum absolute atomic E-state index is 0.298. The summed E-state index contributed by atoms with van der Waals surface area (Å²) in [5.41, 5.74) is 1.98. The molecular formula is C24H28N6O4. The minimum atomic E-state index is -1.25. The first-order chi connectivity index (χ1) is 16.7. The number of para-hydroxylation sites is 1. The van der Waals surface area contributed by atoms with Gasteiger partial charge in [0.25, 0.3) is 11.8 Å². The molecule has 178 valence electrons. The zero-order valence-electron chi connectivity index (χ0n) is 19.1. The third-order valence-corrected chi connectivity index (χ3v) is 6.03. The van der Waals surface area contributed by atoms with Crippen LogP contribution in [-0.2, 0) is 9.47 Å². The highest BCUT2D eigenvalue weighted by molar-refractivity contribution is 6.12. The first-order valence-corrected chi connectivity index (χ1v) is 11.4. The zero-order chi connectivity index (χ0) is 23.4. The van der Waals surface area contributed by atoms with E-state index in [4.69, 9.17) is 19.2 Å². The average Bonchev–Trinajstić information content (AvgIpc) is 3.26. The van der Waals surface area contributed by atoms with Gasteiger partial charge in [-0.1, -0.05) is 6.07 Å². The summed E-state index contributed by atoms with van der Waals surface area (Å²) in [6, 6.07) is 9.14. The molecule has 0 spiro atoms. The Morgan fingerprint density at radius 3 is 2.91 bits per heavy atom. The van der Waals surface area contributed by atoms with Crippen molar-refractivity contribution < 1.29 is 19.0 Å². The number of pyridine rings is 1. The molecule has 3 aliphatic rings. The third-order valence-electron chi connectivity index (χ3n) is 6.03. The standard InChI is InChI=1S/C24H28N6O4/c1-32-20-7-2-6-19-21(20)26-17-30-16-24(27-22(19)30,28-23(31)18-5-3-8-25-15-18)34-12-4-9-29-10-13-33-14-11-29/h2-3,5-8,15,17H,4,9-14,16H2,1H3,(H,28,31). The predicted molar refractivity (Wildman–Crippen MR) is 127 cm³/mol. The maximum absolute atomic E-state index is 13.0. The van der Waals surface area contributed by atoms with Gasteiger partial charge in [0.15, 0.2) is 0 Å². The van der Waals surface area contributed by atoms with E-state index in [0.29, 0.717) is 36.0 Å². The molecule has 5 rings (SSSR count). The highest BCUT2D eigenvalue weighted by Crippen LogP contribution is 2.37. The summed E-state index contributed by atoms with van der Waals surface area (Å²) in [6.07, 6.45) is 5.68. The van der Waals surface area contributed by atoms with Crippen LogP contribution in [0.2, 0.25) is 0 Å². The second-order valence-corrected chi connectivity index (χ2v) is 8.30. The summed E-state index contributed by atoms with van der Waals surface area (Å²) < 4.78 is 17.2. The molecule has 0 bridgehead atoms. The highest BCUT2D eigenvalue weighted by atomic mass is 16.5. The Morgan fingerprint density at radius 2 is 2.12 bits per heavy atom. The number of hydrogen-bond donors (Lipinski definition) is 1. The van der Waals surface area contributed by atoms with E-state index in [2.05, 4.69) is 20.2 Å². The topological polar surface area (TPSA) is 101 Å². The number of carbonyl (C=O) groups excluding carboxylic acids is 1. The van der Waals surface area contributed by atoms with Gasteiger partial charge < -0.3 is 24.4 Å². The molecule has 3 aliphatic heterocycles. The van der Waals surface area contributed by atoms with Gasteiger partial charge in [-0.2, -0.15) is 0 Å². The first kappa shape index (κ1) is 22.5. The number of hydrogen-bond acceptors (Lipinski definition) is 9. The van der Waals surface area contributed by atoms with Crippen LogP contribution in [0, 0.1) is 0 Å². The third kappa shape index (κ3) is 4.65. The van der Waals surface area contributed by atoms with Gasteiger partial charge in [0.1, 0.15) is 17.3 Å². The summed E-state index contributed by atoms with van der Waals surface area (Å²) in [5, 5.41) is 3.01. The molecular weight excluding hydrogens is 436 g/mol. The molecule has 1 N–H and O–H groups in total. The molecule has 34 heavy (non-hydrogen) atoms. The molecule has 2 aromatic rings. The SMILES string of the molecule is COc1cccc2c1N=CN1CC(NC(=O)c3cccnc3)(OCCCN3CCOCC3)N=C21. The predicted octanol–water partition coefficient (Wildman–Crippen LogP) is 1.65. The van der Waals surface area contributed by atoms with Crippen LogP contribution in [0.1, 0.15) is 22.3 Å². The van der Waals surface area contributed by atoms with Crippen LogP contribution in [0.25, 0.3) is 0 Å². The van der Waals surface area contributed by atoms with Gasteiger partial charge in [0, 0.05) is 37.6 Å². The van der Waals surface area contributed by atoms with Crippen LogP contribution in [0.15, 0.2) is 52.7 Å². The Kier molecular flexibility index (Phi) is 6.52. The largest absolute Gasteiger partial charge is 0.494 e. The number of amidine groups is 1. The van der Waals surface area contributed by atoms with Crippen LogP contribution in [0.4, 0.5) is 5.69 Å². The smallest absolute Gasteiger partial charge is 0.259 e. The molecule has 0 saturated carbocycles. The second kappa shape index (κ2) is 9.88. The highest BCUT2D eigenvalue weighted by Gasteiger charge is 2.44. The van der Waals surface area contributed by atoms with Crippen LogP contribution < -0.4 is 10.1 Å². The van der Waals surface area contributed by atoms with Crippen LogP contribution in [0.5, 0.6) is 5.75 Å². The molecule has 1 fully saturated rings. The Hall–Kier alpha value is -3.34. The average molecular weight is 465 g/mol. The number of morpholine rings is 1. The van der Waals surface area contributed by atoms with E-state index in [1.165, 1.54) is 6.20 Å². The van der Waals surface area contributed by atoms with Crippen LogP contribution >= 0.6 is 0 Å². The molecule has 1 saturated heterocycles. The Morgan fingerprint density at radius 1 is 1.24 bits per heavy atom. The molecule has 10 nitrogen and oxygen atoms in total. The number of fused-ring (bicyclic) bond motifs is 3. The molecule has 0 aliphatic carbocycles. The molecule has 4 heterocycles. The normalized spacial score (nSPS) is 21.6. The summed E-state index contributed by atoms with van der Waals surface area (Å²) >= 11 is 0. The van der Waals surface area contributed by atoms with E-state index < -0.39 is 5.85 Å². The second-order valence-electron chi connectivity index (χ2n) is 8.30. The summed E-state index contributed by atoms with van der Waals surface area (Å²) in [6.45, 7) is 5.02. The number of nitrogens with zero attached hydrogens (tertiary/aromatic N) is 5. The van der Waals surface area contributed by atoms with Gasteiger partial charge in [-0.25, -0.2) is 9.98 Å². The Labute approximate surface area is 198 Å². The molecule has 1 aromatic carbocycles. The molecule has 10 heteroatoms. The van der Waals surface area contributed by atoms with Crippen molar-refractivity contribution in [3.63, 3.8) is 0 Å². The molecule has 1 amide bonds. The van der Waals surface area contributed by atoms with Crippen molar-refractivity contribution in [2.75, 3.05) is 53.1 Å². The van der Waals surface area contributed by atoms with Gasteiger partial charge in [-0.3, -0.25) is 14.7 Å². The summed E-state index contributed by atoms with van der Waals surface area (Å²) in [5.74, 6) is -0.194. The van der Waals surface area contributed by atoms with Crippen molar-refractivity contribution in [2.45, 2.75) is 12.3 Å². The van der Waals surface area contributed by atoms with E-state index in [1.54, 1.807) is 31.8 Å². The van der Waals surface area contributed by atoms with Crippen molar-refractivity contribution in [2.24, 2.45) is 9.98 Å². The lowest BCUT2D eigenvalue weighted by Gasteiger charge is -2.30. The maximum Gasteiger partial charge on any atom is 0.259 e. The van der Waals surface area contributed by atoms with E-state index in [-0.39, 0.29) is 5.91 Å². The van der Waals surface area contributed by atoms with E-state index in [0.717, 1.165) is 44.8 Å². The van der Waals surface area contributed by atoms with Crippen LogP contribution in [0.3, 0.4) is 0 Å². The summed E-state index contributed by atoms with van der Waals surface area (Å²) in [7, 11) is 1.62. The molecule has 1 aromatic heterocycles. The Bertz CT molecular complexity index is 1090. The number of ether oxygens (including phenoxy) is 3. The monoisotopic (exact) mass is 464 g/mol. The van der Waals surface area contributed by atoms with Gasteiger partial charge in [-0.15, -0.1) is 0 Å².